The van der Waals surface area contributed by atoms with Crippen molar-refractivity contribution in [1.29, 1.82) is 0 Å². The standard InChI is InChI=1S/C13H12N2O/c1-8(16)11-7-10-3-2-6-14-13(10)15-12(11)9-4-5-9/h2-3,6-7,9H,4-5H2,1H3. The van der Waals surface area contributed by atoms with Crippen LogP contribution in [0.4, 0.5) is 0 Å². The van der Waals surface area contributed by atoms with Crippen molar-refractivity contribution in [2.75, 3.05) is 0 Å². The van der Waals surface area contributed by atoms with E-state index in [1.165, 1.54) is 0 Å². The summed E-state index contributed by atoms with van der Waals surface area (Å²) < 4.78 is 0. The van der Waals surface area contributed by atoms with Gasteiger partial charge in [-0.3, -0.25) is 4.79 Å². The van der Waals surface area contributed by atoms with E-state index >= 15 is 0 Å². The molecule has 0 amide bonds. The third-order valence-corrected chi connectivity index (χ3v) is 2.96. The summed E-state index contributed by atoms with van der Waals surface area (Å²) in [6, 6.07) is 5.73. The van der Waals surface area contributed by atoms with Crippen molar-refractivity contribution >= 4 is 16.8 Å². The van der Waals surface area contributed by atoms with Gasteiger partial charge in [-0.05, 0) is 38.0 Å². The SMILES string of the molecule is CC(=O)c1cc2cccnc2nc1C1CC1. The van der Waals surface area contributed by atoms with Gasteiger partial charge in [0.1, 0.15) is 0 Å². The number of fused-ring (bicyclic) bond motifs is 1. The first-order valence-electron chi connectivity index (χ1n) is 5.52. The molecular formula is C13H12N2O. The highest BCUT2D eigenvalue weighted by Crippen LogP contribution is 2.41. The lowest BCUT2D eigenvalue weighted by Gasteiger charge is -2.06. The van der Waals surface area contributed by atoms with Crippen LogP contribution in [0.5, 0.6) is 0 Å². The van der Waals surface area contributed by atoms with Gasteiger partial charge in [0.2, 0.25) is 0 Å². The number of rotatable bonds is 2. The Labute approximate surface area is 93.5 Å². The van der Waals surface area contributed by atoms with E-state index < -0.39 is 0 Å². The maximum atomic E-state index is 11.6. The van der Waals surface area contributed by atoms with E-state index in [1.54, 1.807) is 13.1 Å². The van der Waals surface area contributed by atoms with Gasteiger partial charge in [-0.2, -0.15) is 0 Å². The van der Waals surface area contributed by atoms with E-state index in [9.17, 15) is 4.79 Å². The Morgan fingerprint density at radius 1 is 1.44 bits per heavy atom. The van der Waals surface area contributed by atoms with Crippen LogP contribution in [0.3, 0.4) is 0 Å². The highest BCUT2D eigenvalue weighted by atomic mass is 16.1. The zero-order valence-corrected chi connectivity index (χ0v) is 9.10. The maximum absolute atomic E-state index is 11.6. The Kier molecular flexibility index (Phi) is 1.99. The lowest BCUT2D eigenvalue weighted by Crippen LogP contribution is -2.02. The molecule has 0 unspecified atom stereocenters. The van der Waals surface area contributed by atoms with Gasteiger partial charge in [-0.25, -0.2) is 9.97 Å². The number of hydrogen-bond donors (Lipinski definition) is 0. The summed E-state index contributed by atoms with van der Waals surface area (Å²) in [5, 5.41) is 0.942. The average molecular weight is 212 g/mol. The largest absolute Gasteiger partial charge is 0.294 e. The molecule has 3 heteroatoms. The van der Waals surface area contributed by atoms with Crippen LogP contribution in [0.2, 0.25) is 0 Å². The summed E-state index contributed by atoms with van der Waals surface area (Å²) in [7, 11) is 0. The molecule has 2 aromatic heterocycles. The number of nitrogens with zero attached hydrogens (tertiary/aromatic N) is 2. The first kappa shape index (κ1) is 9.46. The molecule has 0 radical (unpaired) electrons. The minimum Gasteiger partial charge on any atom is -0.294 e. The lowest BCUT2D eigenvalue weighted by molar-refractivity contribution is 0.101. The number of carbonyl (C=O) groups excluding carboxylic acids is 1. The van der Waals surface area contributed by atoms with Gasteiger partial charge < -0.3 is 0 Å². The molecule has 1 saturated carbocycles. The fourth-order valence-electron chi connectivity index (χ4n) is 1.97. The predicted octanol–water partition coefficient (Wildman–Crippen LogP) is 2.71. The molecule has 80 valence electrons. The molecular weight excluding hydrogens is 200 g/mol. The Bertz CT molecular complexity index is 573. The highest BCUT2D eigenvalue weighted by molar-refractivity contribution is 5.98. The molecule has 0 N–H and O–H groups in total. The van der Waals surface area contributed by atoms with Gasteiger partial charge in [-0.15, -0.1) is 0 Å². The first-order valence-corrected chi connectivity index (χ1v) is 5.52. The number of hydrogen-bond acceptors (Lipinski definition) is 3. The van der Waals surface area contributed by atoms with Crippen LogP contribution in [0, 0.1) is 0 Å². The first-order chi connectivity index (χ1) is 7.75. The zero-order chi connectivity index (χ0) is 11.1. The molecule has 2 heterocycles. The molecule has 1 aliphatic carbocycles. The summed E-state index contributed by atoms with van der Waals surface area (Å²) >= 11 is 0. The van der Waals surface area contributed by atoms with Crippen molar-refractivity contribution < 1.29 is 4.79 Å². The van der Waals surface area contributed by atoms with Gasteiger partial charge in [0.05, 0.1) is 5.69 Å². The van der Waals surface area contributed by atoms with Crippen LogP contribution in [0.15, 0.2) is 24.4 Å². The minimum absolute atomic E-state index is 0.0974. The smallest absolute Gasteiger partial charge is 0.161 e. The second kappa shape index (κ2) is 3.37. The van der Waals surface area contributed by atoms with Gasteiger partial charge in [-0.1, -0.05) is 0 Å². The molecule has 0 aliphatic heterocycles. The molecule has 1 aliphatic rings. The molecule has 0 bridgehead atoms. The van der Waals surface area contributed by atoms with Gasteiger partial charge in [0, 0.05) is 23.1 Å². The predicted molar refractivity (Wildman–Crippen MR) is 61.5 cm³/mol. The van der Waals surface area contributed by atoms with Crippen LogP contribution < -0.4 is 0 Å². The fraction of sp³-hybridized carbons (Fsp3) is 0.308. The summed E-state index contributed by atoms with van der Waals surface area (Å²) in [5.41, 5.74) is 2.45. The maximum Gasteiger partial charge on any atom is 0.161 e. The number of pyridine rings is 2. The van der Waals surface area contributed by atoms with E-state index in [0.29, 0.717) is 5.92 Å². The van der Waals surface area contributed by atoms with E-state index in [0.717, 1.165) is 35.1 Å². The molecule has 1 fully saturated rings. The van der Waals surface area contributed by atoms with Crippen molar-refractivity contribution in [3.63, 3.8) is 0 Å². The number of carbonyl (C=O) groups is 1. The quantitative estimate of drug-likeness (QED) is 0.719. The van der Waals surface area contributed by atoms with Crippen molar-refractivity contribution in [1.82, 2.24) is 9.97 Å². The van der Waals surface area contributed by atoms with Crippen molar-refractivity contribution in [3.8, 4) is 0 Å². The molecule has 0 aromatic carbocycles. The van der Waals surface area contributed by atoms with Gasteiger partial charge in [0.15, 0.2) is 11.4 Å². The zero-order valence-electron chi connectivity index (χ0n) is 9.10. The second-order valence-corrected chi connectivity index (χ2v) is 4.30. The third-order valence-electron chi connectivity index (χ3n) is 2.96. The fourth-order valence-corrected chi connectivity index (χ4v) is 1.97. The van der Waals surface area contributed by atoms with Gasteiger partial charge >= 0.3 is 0 Å². The number of aromatic nitrogens is 2. The van der Waals surface area contributed by atoms with Crippen LogP contribution in [-0.2, 0) is 0 Å². The highest BCUT2D eigenvalue weighted by Gasteiger charge is 2.29. The van der Waals surface area contributed by atoms with Crippen LogP contribution >= 0.6 is 0 Å². The monoisotopic (exact) mass is 212 g/mol. The Balaban J connectivity index is 2.28. The number of Topliss-reactive ketones (excluding diaryl/α,β-unsaturated/α-hetero) is 1. The molecule has 3 nitrogen and oxygen atoms in total. The summed E-state index contributed by atoms with van der Waals surface area (Å²) in [6.45, 7) is 1.60. The summed E-state index contributed by atoms with van der Waals surface area (Å²) in [4.78, 5) is 20.3. The van der Waals surface area contributed by atoms with E-state index in [2.05, 4.69) is 9.97 Å². The van der Waals surface area contributed by atoms with Crippen LogP contribution in [0.25, 0.3) is 11.0 Å². The third kappa shape index (κ3) is 1.48. The minimum atomic E-state index is 0.0974. The Morgan fingerprint density at radius 3 is 2.94 bits per heavy atom. The summed E-state index contributed by atoms with van der Waals surface area (Å²) in [5.74, 6) is 0.574. The Hall–Kier alpha value is -1.77. The summed E-state index contributed by atoms with van der Waals surface area (Å²) in [6.07, 6.45) is 4.02. The molecule has 3 rings (SSSR count). The van der Waals surface area contributed by atoms with Crippen molar-refractivity contribution in [2.24, 2.45) is 0 Å². The molecule has 2 aromatic rings. The van der Waals surface area contributed by atoms with Crippen molar-refractivity contribution in [2.45, 2.75) is 25.7 Å². The van der Waals surface area contributed by atoms with Crippen LogP contribution in [-0.4, -0.2) is 15.8 Å². The van der Waals surface area contributed by atoms with Crippen molar-refractivity contribution in [3.05, 3.63) is 35.7 Å². The van der Waals surface area contributed by atoms with E-state index in [1.807, 2.05) is 18.2 Å². The van der Waals surface area contributed by atoms with Gasteiger partial charge in [0.25, 0.3) is 0 Å². The second-order valence-electron chi connectivity index (χ2n) is 4.30. The molecule has 0 atom stereocenters. The Morgan fingerprint density at radius 2 is 2.25 bits per heavy atom. The topological polar surface area (TPSA) is 42.9 Å². The average Bonchev–Trinajstić information content (AvgIpc) is 3.11. The molecule has 0 spiro atoms. The van der Waals surface area contributed by atoms with Crippen LogP contribution in [0.1, 0.15) is 41.7 Å². The van der Waals surface area contributed by atoms with E-state index in [4.69, 9.17) is 0 Å². The van der Waals surface area contributed by atoms with E-state index in [-0.39, 0.29) is 5.78 Å². The molecule has 16 heavy (non-hydrogen) atoms. The molecule has 0 saturated heterocycles. The lowest BCUT2D eigenvalue weighted by atomic mass is 10.0. The normalized spacial score (nSPS) is 15.3. The number of ketones is 1.